The van der Waals surface area contributed by atoms with Gasteiger partial charge >= 0.3 is 0 Å². The van der Waals surface area contributed by atoms with Crippen LogP contribution in [-0.4, -0.2) is 28.7 Å². The zero-order chi connectivity index (χ0) is 12.4. The quantitative estimate of drug-likeness (QED) is 0.756. The monoisotopic (exact) mass is 233 g/mol. The van der Waals surface area contributed by atoms with Crippen molar-refractivity contribution in [2.75, 3.05) is 13.6 Å². The summed E-state index contributed by atoms with van der Waals surface area (Å²) in [7, 11) is 1.83. The van der Waals surface area contributed by atoms with Crippen molar-refractivity contribution >= 4 is 11.0 Å². The zero-order valence-electron chi connectivity index (χ0n) is 10.5. The number of likely N-dealkylation sites (N-methyl/N-ethyl adjacent to an activating group) is 1. The second kappa shape index (κ2) is 4.85. The van der Waals surface area contributed by atoms with Crippen LogP contribution >= 0.6 is 0 Å². The van der Waals surface area contributed by atoms with Gasteiger partial charge in [-0.3, -0.25) is 0 Å². The summed E-state index contributed by atoms with van der Waals surface area (Å²) in [5, 5.41) is 12.9. The van der Waals surface area contributed by atoms with Crippen LogP contribution in [0.4, 0.5) is 0 Å². The fourth-order valence-electron chi connectivity index (χ4n) is 1.84. The van der Waals surface area contributed by atoms with E-state index in [-0.39, 0.29) is 0 Å². The van der Waals surface area contributed by atoms with Crippen molar-refractivity contribution in [3.05, 3.63) is 29.6 Å². The van der Waals surface area contributed by atoms with Crippen molar-refractivity contribution in [2.45, 2.75) is 25.9 Å². The van der Waals surface area contributed by atoms with E-state index in [0.717, 1.165) is 22.4 Å². The number of rotatable bonds is 4. The molecule has 0 fully saturated rings. The van der Waals surface area contributed by atoms with Crippen LogP contribution in [0, 0.1) is 0 Å². The summed E-state index contributed by atoms with van der Waals surface area (Å²) < 4.78 is 0. The number of imidazole rings is 1. The van der Waals surface area contributed by atoms with Gasteiger partial charge in [-0.25, -0.2) is 4.98 Å². The Labute approximate surface area is 101 Å². The van der Waals surface area contributed by atoms with Gasteiger partial charge in [-0.15, -0.1) is 0 Å². The molecular formula is C13H19N3O. The van der Waals surface area contributed by atoms with Gasteiger partial charge in [0, 0.05) is 12.5 Å². The molecule has 1 atom stereocenters. The largest absolute Gasteiger partial charge is 0.387 e. The number of aromatic amines is 1. The van der Waals surface area contributed by atoms with E-state index in [9.17, 15) is 5.11 Å². The summed E-state index contributed by atoms with van der Waals surface area (Å²) in [6, 6.07) is 5.84. The third-order valence-electron chi connectivity index (χ3n) is 2.85. The van der Waals surface area contributed by atoms with Gasteiger partial charge in [0.1, 0.15) is 5.82 Å². The minimum atomic E-state index is -0.477. The molecule has 0 aliphatic carbocycles. The number of hydrogen-bond donors (Lipinski definition) is 3. The van der Waals surface area contributed by atoms with Gasteiger partial charge in [-0.2, -0.15) is 0 Å². The second-order valence-corrected chi connectivity index (χ2v) is 4.63. The minimum Gasteiger partial charge on any atom is -0.387 e. The normalized spacial score (nSPS) is 13.5. The Bertz CT molecular complexity index is 504. The molecule has 0 aliphatic rings. The third-order valence-corrected chi connectivity index (χ3v) is 2.85. The highest BCUT2D eigenvalue weighted by atomic mass is 16.3. The van der Waals surface area contributed by atoms with E-state index in [1.54, 1.807) is 0 Å². The summed E-state index contributed by atoms with van der Waals surface area (Å²) in [6.07, 6.45) is -0.477. The molecule has 4 heteroatoms. The molecule has 0 aliphatic heterocycles. The number of nitrogens with one attached hydrogen (secondary N) is 2. The Hall–Kier alpha value is -1.39. The minimum absolute atomic E-state index is 0.382. The van der Waals surface area contributed by atoms with Crippen LogP contribution < -0.4 is 5.32 Å². The predicted octanol–water partition coefficient (Wildman–Crippen LogP) is 1.94. The lowest BCUT2D eigenvalue weighted by Gasteiger charge is -2.09. The summed E-state index contributed by atoms with van der Waals surface area (Å²) >= 11 is 0. The van der Waals surface area contributed by atoms with E-state index in [4.69, 9.17) is 0 Å². The van der Waals surface area contributed by atoms with Crippen molar-refractivity contribution in [3.63, 3.8) is 0 Å². The van der Waals surface area contributed by atoms with E-state index in [2.05, 4.69) is 29.1 Å². The van der Waals surface area contributed by atoms with Gasteiger partial charge in [0.15, 0.2) is 0 Å². The Morgan fingerprint density at radius 2 is 2.18 bits per heavy atom. The molecule has 1 aromatic heterocycles. The van der Waals surface area contributed by atoms with Crippen LogP contribution in [0.25, 0.3) is 11.0 Å². The lowest BCUT2D eigenvalue weighted by Crippen LogP contribution is -2.16. The van der Waals surface area contributed by atoms with E-state index in [1.807, 2.05) is 25.2 Å². The average molecular weight is 233 g/mol. The van der Waals surface area contributed by atoms with E-state index in [0.29, 0.717) is 12.5 Å². The molecule has 1 heterocycles. The maximum Gasteiger partial charge on any atom is 0.109 e. The molecule has 1 unspecified atom stereocenters. The highest BCUT2D eigenvalue weighted by molar-refractivity contribution is 5.76. The van der Waals surface area contributed by atoms with E-state index >= 15 is 0 Å². The second-order valence-electron chi connectivity index (χ2n) is 4.63. The topological polar surface area (TPSA) is 60.9 Å². The lowest BCUT2D eigenvalue weighted by atomic mass is 10.1. The Kier molecular flexibility index (Phi) is 3.45. The highest BCUT2D eigenvalue weighted by Crippen LogP contribution is 2.21. The number of aromatic nitrogens is 2. The molecule has 92 valence electrons. The number of fused-ring (bicyclic) bond motifs is 1. The van der Waals surface area contributed by atoms with E-state index in [1.165, 1.54) is 0 Å². The molecule has 0 amide bonds. The first-order valence-corrected chi connectivity index (χ1v) is 5.94. The van der Waals surface area contributed by atoms with Crippen molar-refractivity contribution in [1.82, 2.24) is 15.3 Å². The van der Waals surface area contributed by atoms with Crippen LogP contribution in [0.2, 0.25) is 0 Å². The third kappa shape index (κ3) is 2.48. The Morgan fingerprint density at radius 1 is 1.41 bits per heavy atom. The van der Waals surface area contributed by atoms with E-state index < -0.39 is 6.10 Å². The number of H-pyrrole nitrogens is 1. The number of hydrogen-bond acceptors (Lipinski definition) is 3. The molecule has 0 spiro atoms. The van der Waals surface area contributed by atoms with Crippen molar-refractivity contribution in [2.24, 2.45) is 0 Å². The van der Waals surface area contributed by atoms with Gasteiger partial charge in [-0.05, 0) is 24.7 Å². The van der Waals surface area contributed by atoms with Crippen molar-refractivity contribution in [3.8, 4) is 0 Å². The molecule has 4 nitrogen and oxygen atoms in total. The number of benzene rings is 1. The van der Waals surface area contributed by atoms with Crippen LogP contribution in [-0.2, 0) is 0 Å². The first-order chi connectivity index (χ1) is 8.11. The van der Waals surface area contributed by atoms with Gasteiger partial charge in [0.05, 0.1) is 17.1 Å². The smallest absolute Gasteiger partial charge is 0.109 e. The Balaban J connectivity index is 2.36. The molecule has 2 aromatic rings. The van der Waals surface area contributed by atoms with Crippen molar-refractivity contribution < 1.29 is 5.11 Å². The molecule has 17 heavy (non-hydrogen) atoms. The molecule has 0 saturated heterocycles. The SMILES string of the molecule is CNCC(O)c1ccc2nc(C(C)C)[nH]c2c1. The van der Waals surface area contributed by atoms with Crippen LogP contribution in [0.3, 0.4) is 0 Å². The summed E-state index contributed by atoms with van der Waals surface area (Å²) in [5.41, 5.74) is 2.85. The molecule has 0 bridgehead atoms. The fraction of sp³-hybridized carbons (Fsp3) is 0.462. The van der Waals surface area contributed by atoms with Gasteiger partial charge in [0.2, 0.25) is 0 Å². The predicted molar refractivity (Wildman–Crippen MR) is 69.1 cm³/mol. The fourth-order valence-corrected chi connectivity index (χ4v) is 1.84. The number of nitrogens with zero attached hydrogens (tertiary/aromatic N) is 1. The summed E-state index contributed by atoms with van der Waals surface area (Å²) in [4.78, 5) is 7.80. The van der Waals surface area contributed by atoms with Crippen LogP contribution in [0.5, 0.6) is 0 Å². The maximum atomic E-state index is 9.90. The number of aliphatic hydroxyl groups is 1. The molecule has 0 radical (unpaired) electrons. The first-order valence-electron chi connectivity index (χ1n) is 5.94. The maximum absolute atomic E-state index is 9.90. The van der Waals surface area contributed by atoms with Gasteiger partial charge in [0.25, 0.3) is 0 Å². The molecule has 2 rings (SSSR count). The molecule has 0 saturated carbocycles. The van der Waals surface area contributed by atoms with Crippen LogP contribution in [0.1, 0.15) is 37.3 Å². The highest BCUT2D eigenvalue weighted by Gasteiger charge is 2.10. The summed E-state index contributed by atoms with van der Waals surface area (Å²) in [5.74, 6) is 1.37. The number of aliphatic hydroxyl groups excluding tert-OH is 1. The lowest BCUT2D eigenvalue weighted by molar-refractivity contribution is 0.178. The van der Waals surface area contributed by atoms with Gasteiger partial charge < -0.3 is 15.4 Å². The first kappa shape index (κ1) is 12.1. The molecule has 3 N–H and O–H groups in total. The standard InChI is InChI=1S/C13H19N3O/c1-8(2)13-15-10-5-4-9(6-11(10)16-13)12(17)7-14-3/h4-6,8,12,14,17H,7H2,1-3H3,(H,15,16). The van der Waals surface area contributed by atoms with Crippen molar-refractivity contribution in [1.29, 1.82) is 0 Å². The average Bonchev–Trinajstić information content (AvgIpc) is 2.71. The zero-order valence-corrected chi connectivity index (χ0v) is 10.5. The molecule has 1 aromatic carbocycles. The Morgan fingerprint density at radius 3 is 2.82 bits per heavy atom. The summed E-state index contributed by atoms with van der Waals surface area (Å²) in [6.45, 7) is 4.76. The molecular weight excluding hydrogens is 214 g/mol. The van der Waals surface area contributed by atoms with Gasteiger partial charge in [-0.1, -0.05) is 19.9 Å². The van der Waals surface area contributed by atoms with Crippen LogP contribution in [0.15, 0.2) is 18.2 Å².